The number of fused-ring (bicyclic) bond motifs is 1. The summed E-state index contributed by atoms with van der Waals surface area (Å²) in [7, 11) is 0. The van der Waals surface area contributed by atoms with Gasteiger partial charge >= 0.3 is 5.97 Å². The molecule has 26 heavy (non-hydrogen) atoms. The number of aliphatic carboxylic acids is 1. The van der Waals surface area contributed by atoms with Crippen molar-refractivity contribution in [2.45, 2.75) is 0 Å². The van der Waals surface area contributed by atoms with Crippen molar-refractivity contribution in [3.63, 3.8) is 0 Å². The molecule has 0 unspecified atom stereocenters. The number of hydrogen-bond donors (Lipinski definition) is 3. The summed E-state index contributed by atoms with van der Waals surface area (Å²) in [6.07, 6.45) is 0. The van der Waals surface area contributed by atoms with E-state index in [1.807, 2.05) is 0 Å². The van der Waals surface area contributed by atoms with E-state index in [1.165, 1.54) is 24.3 Å². The average Bonchev–Trinajstić information content (AvgIpc) is 2.84. The standard InChI is InChI=1S/C17H12IN3O5/c18-10-3-6-13-12(7-10)15(17(26)21(13)8-14(23)24)19-20-16(25)9-1-4-11(22)5-2-9/h1-7,22H,8H2,(H,20,25)(H,23,24). The normalized spacial score (nSPS) is 14.4. The molecule has 0 saturated carbocycles. The molecule has 3 rings (SSSR count). The summed E-state index contributed by atoms with van der Waals surface area (Å²) in [5, 5.41) is 22.2. The van der Waals surface area contributed by atoms with Crippen LogP contribution in [0.25, 0.3) is 0 Å². The van der Waals surface area contributed by atoms with Crippen LogP contribution in [0.15, 0.2) is 47.6 Å². The molecule has 3 N–H and O–H groups in total. The summed E-state index contributed by atoms with van der Waals surface area (Å²) in [4.78, 5) is 36.8. The van der Waals surface area contributed by atoms with Crippen molar-refractivity contribution in [3.8, 4) is 5.75 Å². The van der Waals surface area contributed by atoms with Crippen LogP contribution in [0.3, 0.4) is 0 Å². The van der Waals surface area contributed by atoms with Crippen LogP contribution in [0.4, 0.5) is 5.69 Å². The number of carbonyl (C=O) groups is 3. The predicted octanol–water partition coefficient (Wildman–Crippen LogP) is 1.56. The first-order chi connectivity index (χ1) is 12.4. The lowest BCUT2D eigenvalue weighted by Crippen LogP contribution is -2.35. The Morgan fingerprint density at radius 2 is 1.85 bits per heavy atom. The number of carbonyl (C=O) groups excluding carboxylic acids is 2. The summed E-state index contributed by atoms with van der Waals surface area (Å²) in [5.74, 6) is -2.30. The van der Waals surface area contributed by atoms with Crippen molar-refractivity contribution in [3.05, 3.63) is 57.2 Å². The number of amides is 2. The van der Waals surface area contributed by atoms with Crippen molar-refractivity contribution in [1.29, 1.82) is 0 Å². The average molecular weight is 465 g/mol. The van der Waals surface area contributed by atoms with Gasteiger partial charge in [0, 0.05) is 14.7 Å². The SMILES string of the molecule is O=C(O)CN1C(=O)C(=NNC(=O)c2ccc(O)cc2)c2cc(I)ccc21. The number of nitrogens with one attached hydrogen (secondary N) is 1. The number of carboxylic acid groups (broad SMARTS) is 1. The second-order valence-corrected chi connectivity index (χ2v) is 6.64. The van der Waals surface area contributed by atoms with Crippen LogP contribution in [0, 0.1) is 3.57 Å². The van der Waals surface area contributed by atoms with Gasteiger partial charge in [0.25, 0.3) is 11.8 Å². The zero-order valence-corrected chi connectivity index (χ0v) is 15.3. The highest BCUT2D eigenvalue weighted by molar-refractivity contribution is 14.1. The van der Waals surface area contributed by atoms with Crippen LogP contribution in [0.5, 0.6) is 5.75 Å². The lowest BCUT2D eigenvalue weighted by atomic mass is 10.1. The van der Waals surface area contributed by atoms with Crippen molar-refractivity contribution >= 4 is 51.8 Å². The van der Waals surface area contributed by atoms with Crippen LogP contribution in [-0.4, -0.2) is 40.3 Å². The molecular weight excluding hydrogens is 453 g/mol. The molecule has 0 aromatic heterocycles. The summed E-state index contributed by atoms with van der Waals surface area (Å²) < 4.78 is 0.837. The highest BCUT2D eigenvalue weighted by Gasteiger charge is 2.35. The highest BCUT2D eigenvalue weighted by atomic mass is 127. The molecule has 1 aliphatic rings. The number of halogens is 1. The first kappa shape index (κ1) is 17.9. The molecule has 2 aromatic carbocycles. The first-order valence-corrected chi connectivity index (χ1v) is 8.45. The maximum absolute atomic E-state index is 12.5. The van der Waals surface area contributed by atoms with Crippen molar-refractivity contribution < 1.29 is 24.6 Å². The Morgan fingerprint density at radius 3 is 2.50 bits per heavy atom. The van der Waals surface area contributed by atoms with Gasteiger partial charge < -0.3 is 10.2 Å². The smallest absolute Gasteiger partial charge is 0.323 e. The van der Waals surface area contributed by atoms with E-state index in [-0.39, 0.29) is 17.0 Å². The number of benzene rings is 2. The first-order valence-electron chi connectivity index (χ1n) is 7.37. The number of hydrogen-bond acceptors (Lipinski definition) is 5. The fraction of sp³-hybridized carbons (Fsp3) is 0.0588. The summed E-state index contributed by atoms with van der Waals surface area (Å²) in [6, 6.07) is 10.6. The van der Waals surface area contributed by atoms with Crippen LogP contribution < -0.4 is 10.3 Å². The van der Waals surface area contributed by atoms with Gasteiger partial charge in [0.2, 0.25) is 0 Å². The molecule has 1 heterocycles. The lowest BCUT2D eigenvalue weighted by molar-refractivity contribution is -0.136. The van der Waals surface area contributed by atoms with Crippen LogP contribution in [-0.2, 0) is 9.59 Å². The number of nitrogens with zero attached hydrogens (tertiary/aromatic N) is 2. The number of phenolic OH excluding ortho intramolecular Hbond substituents is 1. The van der Waals surface area contributed by atoms with E-state index < -0.39 is 24.3 Å². The maximum Gasteiger partial charge on any atom is 0.323 e. The van der Waals surface area contributed by atoms with E-state index >= 15 is 0 Å². The zero-order valence-electron chi connectivity index (χ0n) is 13.1. The van der Waals surface area contributed by atoms with Gasteiger partial charge in [0.15, 0.2) is 5.71 Å². The molecular formula is C17H12IN3O5. The molecule has 2 aromatic rings. The Labute approximate surface area is 161 Å². The molecule has 132 valence electrons. The molecule has 8 nitrogen and oxygen atoms in total. The third kappa shape index (κ3) is 3.52. The Balaban J connectivity index is 1.91. The van der Waals surface area contributed by atoms with Crippen molar-refractivity contribution in [2.75, 3.05) is 11.4 Å². The number of anilines is 1. The van der Waals surface area contributed by atoms with Crippen molar-refractivity contribution in [1.82, 2.24) is 5.43 Å². The van der Waals surface area contributed by atoms with Gasteiger partial charge in [-0.1, -0.05) is 0 Å². The second kappa shape index (κ2) is 7.12. The summed E-state index contributed by atoms with van der Waals surface area (Å²) in [6.45, 7) is -0.503. The Morgan fingerprint density at radius 1 is 1.15 bits per heavy atom. The molecule has 0 saturated heterocycles. The Hall–Kier alpha value is -2.95. The minimum Gasteiger partial charge on any atom is -0.508 e. The molecule has 0 atom stereocenters. The lowest BCUT2D eigenvalue weighted by Gasteiger charge is -2.13. The van der Waals surface area contributed by atoms with Gasteiger partial charge in [-0.15, -0.1) is 0 Å². The van der Waals surface area contributed by atoms with Crippen LogP contribution in [0.1, 0.15) is 15.9 Å². The van der Waals surface area contributed by atoms with E-state index in [9.17, 15) is 19.5 Å². The summed E-state index contributed by atoms with van der Waals surface area (Å²) >= 11 is 2.06. The quantitative estimate of drug-likeness (QED) is 0.468. The monoisotopic (exact) mass is 465 g/mol. The van der Waals surface area contributed by atoms with E-state index in [0.717, 1.165) is 8.47 Å². The van der Waals surface area contributed by atoms with E-state index in [2.05, 4.69) is 33.1 Å². The fourth-order valence-electron chi connectivity index (χ4n) is 2.47. The number of rotatable bonds is 4. The minimum absolute atomic E-state index is 0.0200. The Kier molecular flexibility index (Phi) is 4.89. The van der Waals surface area contributed by atoms with Gasteiger partial charge in [-0.25, -0.2) is 5.43 Å². The maximum atomic E-state index is 12.5. The topological polar surface area (TPSA) is 119 Å². The molecule has 0 fully saturated rings. The molecule has 0 radical (unpaired) electrons. The Bertz CT molecular complexity index is 940. The highest BCUT2D eigenvalue weighted by Crippen LogP contribution is 2.30. The minimum atomic E-state index is -1.16. The largest absolute Gasteiger partial charge is 0.508 e. The van der Waals surface area contributed by atoms with Crippen LogP contribution >= 0.6 is 22.6 Å². The number of aromatic hydroxyl groups is 1. The number of hydrazone groups is 1. The molecule has 0 spiro atoms. The van der Waals surface area contributed by atoms with E-state index in [1.54, 1.807) is 18.2 Å². The van der Waals surface area contributed by atoms with Gasteiger partial charge in [0.05, 0.1) is 5.69 Å². The van der Waals surface area contributed by atoms with Gasteiger partial charge in [-0.3, -0.25) is 19.3 Å². The molecule has 2 amide bonds. The predicted molar refractivity (Wildman–Crippen MR) is 101 cm³/mol. The third-order valence-corrected chi connectivity index (χ3v) is 4.32. The fourth-order valence-corrected chi connectivity index (χ4v) is 2.96. The van der Waals surface area contributed by atoms with Gasteiger partial charge in [0.1, 0.15) is 12.3 Å². The number of phenols is 1. The van der Waals surface area contributed by atoms with E-state index in [0.29, 0.717) is 11.3 Å². The second-order valence-electron chi connectivity index (χ2n) is 5.39. The molecule has 9 heteroatoms. The van der Waals surface area contributed by atoms with Crippen LogP contribution in [0.2, 0.25) is 0 Å². The van der Waals surface area contributed by atoms with Gasteiger partial charge in [-0.05, 0) is 65.1 Å². The molecule has 0 aliphatic carbocycles. The molecule has 1 aliphatic heterocycles. The number of carboxylic acids is 1. The van der Waals surface area contributed by atoms with E-state index in [4.69, 9.17) is 5.11 Å². The summed E-state index contributed by atoms with van der Waals surface area (Å²) in [5.41, 5.74) is 3.39. The van der Waals surface area contributed by atoms with Gasteiger partial charge in [-0.2, -0.15) is 5.10 Å². The molecule has 0 bridgehead atoms. The third-order valence-electron chi connectivity index (χ3n) is 3.64. The van der Waals surface area contributed by atoms with Crippen molar-refractivity contribution in [2.24, 2.45) is 5.10 Å². The zero-order chi connectivity index (χ0) is 18.8.